The van der Waals surface area contributed by atoms with Crippen LogP contribution in [0.25, 0.3) is 22.0 Å². The van der Waals surface area contributed by atoms with Crippen molar-refractivity contribution in [2.45, 2.75) is 39.4 Å². The van der Waals surface area contributed by atoms with Crippen LogP contribution in [-0.2, 0) is 32.1 Å². The van der Waals surface area contributed by atoms with E-state index in [4.69, 9.17) is 13.9 Å². The molecule has 0 saturated heterocycles. The molecule has 0 unspecified atom stereocenters. The molecule has 2 aromatic carbocycles. The molecule has 0 aliphatic rings. The number of nitrogens with one attached hydrogen (secondary N) is 1. The molecule has 7 nitrogen and oxygen atoms in total. The van der Waals surface area contributed by atoms with Gasteiger partial charge < -0.3 is 10.1 Å². The molecule has 33 heavy (non-hydrogen) atoms. The predicted molar refractivity (Wildman–Crippen MR) is 125 cm³/mol. The van der Waals surface area contributed by atoms with Crippen molar-refractivity contribution in [2.24, 2.45) is 0 Å². The molecule has 0 spiro atoms. The first-order chi connectivity index (χ1) is 15.4. The average Bonchev–Trinajstić information content (AvgIpc) is 2.70. The summed E-state index contributed by atoms with van der Waals surface area (Å²) in [6, 6.07) is 13.4. The molecule has 1 heterocycles. The van der Waals surface area contributed by atoms with Crippen LogP contribution in [0.1, 0.15) is 32.0 Å². The molecule has 1 N–H and O–H groups in total. The Morgan fingerprint density at radius 1 is 1.12 bits per heavy atom. The van der Waals surface area contributed by atoms with Crippen molar-refractivity contribution in [1.82, 2.24) is 10.3 Å². The number of fused-ring (bicyclic) bond motifs is 1. The summed E-state index contributed by atoms with van der Waals surface area (Å²) >= 11 is 0. The van der Waals surface area contributed by atoms with E-state index in [9.17, 15) is 17.6 Å². The number of halogens is 1. The number of carbonyl (C=O) groups is 1. The molecule has 176 valence electrons. The number of benzene rings is 2. The molecule has 0 fully saturated rings. The number of amides is 1. The van der Waals surface area contributed by atoms with Crippen molar-refractivity contribution in [3.8, 4) is 11.1 Å². The van der Waals surface area contributed by atoms with Gasteiger partial charge in [-0.25, -0.2) is 9.18 Å². The Kier molecular flexibility index (Phi) is 7.34. The largest absolute Gasteiger partial charge is 0.444 e. The van der Waals surface area contributed by atoms with Crippen LogP contribution in [0, 0.1) is 5.82 Å². The van der Waals surface area contributed by atoms with E-state index >= 15 is 0 Å². The van der Waals surface area contributed by atoms with Crippen molar-refractivity contribution in [3.05, 3.63) is 65.6 Å². The summed E-state index contributed by atoms with van der Waals surface area (Å²) in [4.78, 5) is 16.8. The lowest BCUT2D eigenvalue weighted by Crippen LogP contribution is -2.33. The summed E-state index contributed by atoms with van der Waals surface area (Å²) in [5.74, 6) is -0.469. The van der Waals surface area contributed by atoms with Gasteiger partial charge in [-0.2, -0.15) is 8.42 Å². The zero-order chi connectivity index (χ0) is 24.2. The molecule has 0 atom stereocenters. The minimum absolute atomic E-state index is 0.237. The Balaban J connectivity index is 2.07. The topological polar surface area (TPSA) is 94.6 Å². The Morgan fingerprint density at radius 2 is 1.82 bits per heavy atom. The van der Waals surface area contributed by atoms with E-state index in [0.717, 1.165) is 11.8 Å². The highest BCUT2D eigenvalue weighted by Crippen LogP contribution is 2.34. The lowest BCUT2D eigenvalue weighted by atomic mass is 9.93. The van der Waals surface area contributed by atoms with E-state index in [0.29, 0.717) is 34.1 Å². The monoisotopic (exact) mass is 474 g/mol. The first-order valence-corrected chi connectivity index (χ1v) is 12.2. The summed E-state index contributed by atoms with van der Waals surface area (Å²) in [6.45, 7) is 5.29. The van der Waals surface area contributed by atoms with Gasteiger partial charge in [0.2, 0.25) is 0 Å². The van der Waals surface area contributed by atoms with Crippen molar-refractivity contribution < 1.29 is 26.5 Å². The van der Waals surface area contributed by atoms with E-state index < -0.39 is 27.6 Å². The number of hydrogen-bond acceptors (Lipinski definition) is 6. The predicted octanol–water partition coefficient (Wildman–Crippen LogP) is 4.58. The summed E-state index contributed by atoms with van der Waals surface area (Å²) in [7, 11) is -3.75. The normalized spacial score (nSPS) is 12.0. The van der Waals surface area contributed by atoms with Crippen molar-refractivity contribution in [2.75, 3.05) is 12.8 Å². The number of ether oxygens (including phenoxy) is 1. The molecule has 3 aromatic rings. The van der Waals surface area contributed by atoms with Gasteiger partial charge in [-0.05, 0) is 50.1 Å². The van der Waals surface area contributed by atoms with Crippen molar-refractivity contribution in [1.29, 1.82) is 0 Å². The fourth-order valence-corrected chi connectivity index (χ4v) is 3.73. The Morgan fingerprint density at radius 3 is 2.45 bits per heavy atom. The van der Waals surface area contributed by atoms with Crippen molar-refractivity contribution in [3.63, 3.8) is 0 Å². The first kappa shape index (κ1) is 24.6. The molecular weight excluding hydrogens is 447 g/mol. The minimum Gasteiger partial charge on any atom is -0.444 e. The van der Waals surface area contributed by atoms with Gasteiger partial charge >= 0.3 is 6.09 Å². The van der Waals surface area contributed by atoms with E-state index in [1.165, 1.54) is 18.2 Å². The Hall–Kier alpha value is -3.04. The maximum Gasteiger partial charge on any atom is 0.407 e. The highest BCUT2D eigenvalue weighted by molar-refractivity contribution is 7.85. The van der Waals surface area contributed by atoms with Crippen LogP contribution >= 0.6 is 0 Å². The number of aromatic nitrogens is 1. The number of carbonyl (C=O) groups excluding carboxylic acids is 1. The van der Waals surface area contributed by atoms with Crippen LogP contribution in [0.5, 0.6) is 0 Å². The molecule has 0 saturated carbocycles. The van der Waals surface area contributed by atoms with Crippen LogP contribution in [0.4, 0.5) is 9.18 Å². The summed E-state index contributed by atoms with van der Waals surface area (Å²) in [5.41, 5.74) is 2.40. The Labute approximate surface area is 193 Å². The Bertz CT molecular complexity index is 1260. The second-order valence-corrected chi connectivity index (χ2v) is 10.2. The number of hydrogen-bond donors (Lipinski definition) is 1. The molecule has 0 aliphatic heterocycles. The summed E-state index contributed by atoms with van der Waals surface area (Å²) < 4.78 is 47.9. The SMILES string of the molecule is CC(C)(C)OC(=O)NCCc1nc2ccc(F)cc2c(COS(C)(=O)=O)c1-c1ccccc1. The fourth-order valence-electron chi connectivity index (χ4n) is 3.40. The standard InChI is InChI=1S/C24H27FN2O5S/c1-24(2,3)32-23(28)26-13-12-21-22(16-8-6-5-7-9-16)19(15-31-33(4,29)30)18-14-17(25)10-11-20(18)27-21/h5-11,14H,12-13,15H2,1-4H3,(H,26,28). The zero-order valence-corrected chi connectivity index (χ0v) is 19.8. The van der Waals surface area contributed by atoms with Crippen LogP contribution < -0.4 is 5.32 Å². The molecule has 0 bridgehead atoms. The second kappa shape index (κ2) is 9.84. The van der Waals surface area contributed by atoms with E-state index in [-0.39, 0.29) is 13.2 Å². The van der Waals surface area contributed by atoms with Crippen LogP contribution in [0.2, 0.25) is 0 Å². The maximum absolute atomic E-state index is 14.1. The van der Waals surface area contributed by atoms with E-state index in [1.54, 1.807) is 20.8 Å². The molecule has 9 heteroatoms. The smallest absolute Gasteiger partial charge is 0.407 e. The third kappa shape index (κ3) is 6.97. The van der Waals surface area contributed by atoms with Crippen molar-refractivity contribution >= 4 is 27.1 Å². The second-order valence-electron chi connectivity index (χ2n) is 8.58. The van der Waals surface area contributed by atoms with Gasteiger partial charge in [-0.3, -0.25) is 9.17 Å². The molecule has 1 aromatic heterocycles. The van der Waals surface area contributed by atoms with Crippen LogP contribution in [0.15, 0.2) is 48.5 Å². The number of alkyl carbamates (subject to hydrolysis) is 1. The minimum atomic E-state index is -3.75. The molecule has 3 rings (SSSR count). The lowest BCUT2D eigenvalue weighted by Gasteiger charge is -2.20. The lowest BCUT2D eigenvalue weighted by molar-refractivity contribution is 0.0528. The zero-order valence-electron chi connectivity index (χ0n) is 19.0. The maximum atomic E-state index is 14.1. The van der Waals surface area contributed by atoms with Gasteiger partial charge in [0.15, 0.2) is 0 Å². The van der Waals surface area contributed by atoms with E-state index in [2.05, 4.69) is 5.32 Å². The molecule has 1 amide bonds. The highest BCUT2D eigenvalue weighted by Gasteiger charge is 2.20. The molecule has 0 radical (unpaired) electrons. The summed E-state index contributed by atoms with van der Waals surface area (Å²) in [6.07, 6.45) is 0.750. The van der Waals surface area contributed by atoms with Gasteiger partial charge in [0.05, 0.1) is 24.1 Å². The quantitative estimate of drug-likeness (QED) is 0.504. The van der Waals surface area contributed by atoms with Gasteiger partial charge in [0.1, 0.15) is 11.4 Å². The highest BCUT2D eigenvalue weighted by atomic mass is 32.2. The fraction of sp³-hybridized carbons (Fsp3) is 0.333. The number of rotatable bonds is 7. The van der Waals surface area contributed by atoms with Crippen LogP contribution in [-0.4, -0.2) is 37.9 Å². The molecular formula is C24H27FN2O5S. The van der Waals surface area contributed by atoms with Gasteiger partial charge in [0.25, 0.3) is 10.1 Å². The van der Waals surface area contributed by atoms with Gasteiger partial charge in [-0.15, -0.1) is 0 Å². The van der Waals surface area contributed by atoms with Gasteiger partial charge in [-0.1, -0.05) is 30.3 Å². The first-order valence-electron chi connectivity index (χ1n) is 10.4. The molecule has 0 aliphatic carbocycles. The van der Waals surface area contributed by atoms with Crippen LogP contribution in [0.3, 0.4) is 0 Å². The van der Waals surface area contributed by atoms with E-state index in [1.807, 2.05) is 30.3 Å². The number of pyridine rings is 1. The third-order valence-corrected chi connectivity index (χ3v) is 5.19. The third-order valence-electron chi connectivity index (χ3n) is 4.64. The number of nitrogens with zero attached hydrogens (tertiary/aromatic N) is 1. The summed E-state index contributed by atoms with van der Waals surface area (Å²) in [5, 5.41) is 3.17. The van der Waals surface area contributed by atoms with Gasteiger partial charge in [0, 0.05) is 23.9 Å². The average molecular weight is 475 g/mol.